The average Bonchev–Trinajstić information content (AvgIpc) is 2.79. The van der Waals surface area contributed by atoms with Gasteiger partial charge in [0.05, 0.1) is 0 Å². The van der Waals surface area contributed by atoms with Crippen molar-refractivity contribution in [1.82, 2.24) is 9.88 Å². The molecule has 0 saturated heterocycles. The van der Waals surface area contributed by atoms with Crippen LogP contribution in [0.15, 0.2) is 30.5 Å². The number of nitrogens with zero attached hydrogens (tertiary/aromatic N) is 1. The molecule has 18 heavy (non-hydrogen) atoms. The lowest BCUT2D eigenvalue weighted by Crippen LogP contribution is -2.29. The summed E-state index contributed by atoms with van der Waals surface area (Å²) in [6.45, 7) is 5.10. The Balaban J connectivity index is 1.94. The van der Waals surface area contributed by atoms with Gasteiger partial charge < -0.3 is 15.6 Å². The fourth-order valence-electron chi connectivity index (χ4n) is 2.35. The molecule has 0 saturated carbocycles. The number of nitrogens with two attached hydrogens (primary N) is 1. The number of likely N-dealkylation sites (N-methyl/N-ethyl adjacent to an activating group) is 1. The standard InChI is InChI=1S/C15H23N3/c1-12(9-16)11-18(2)8-7-13-10-17-15-6-4-3-5-14(13)15/h3-6,10,12,17H,7-9,11,16H2,1-2H3. The van der Waals surface area contributed by atoms with Crippen molar-refractivity contribution < 1.29 is 0 Å². The van der Waals surface area contributed by atoms with Crippen molar-refractivity contribution in [2.24, 2.45) is 11.7 Å². The van der Waals surface area contributed by atoms with Gasteiger partial charge in [0, 0.05) is 30.2 Å². The van der Waals surface area contributed by atoms with Crippen molar-refractivity contribution in [3.63, 3.8) is 0 Å². The second kappa shape index (κ2) is 6.03. The van der Waals surface area contributed by atoms with Crippen LogP contribution in [-0.2, 0) is 6.42 Å². The Kier molecular flexibility index (Phi) is 4.39. The van der Waals surface area contributed by atoms with E-state index in [-0.39, 0.29) is 0 Å². The predicted molar refractivity (Wildman–Crippen MR) is 77.7 cm³/mol. The third kappa shape index (κ3) is 3.12. The smallest absolute Gasteiger partial charge is 0.0456 e. The van der Waals surface area contributed by atoms with E-state index in [9.17, 15) is 0 Å². The molecule has 0 fully saturated rings. The van der Waals surface area contributed by atoms with E-state index in [0.29, 0.717) is 5.92 Å². The quantitative estimate of drug-likeness (QED) is 0.820. The number of aromatic nitrogens is 1. The van der Waals surface area contributed by atoms with Crippen molar-refractivity contribution in [2.45, 2.75) is 13.3 Å². The SMILES string of the molecule is CC(CN)CN(C)CCc1c[nH]c2ccccc12. The molecule has 0 radical (unpaired) electrons. The first-order valence-electron chi connectivity index (χ1n) is 6.64. The summed E-state index contributed by atoms with van der Waals surface area (Å²) in [5, 5.41) is 1.35. The van der Waals surface area contributed by atoms with E-state index in [1.54, 1.807) is 0 Å². The minimum atomic E-state index is 0.568. The number of para-hydroxylation sites is 1. The Morgan fingerprint density at radius 3 is 2.89 bits per heavy atom. The molecule has 1 aromatic heterocycles. The van der Waals surface area contributed by atoms with Gasteiger partial charge in [0.25, 0.3) is 0 Å². The molecule has 98 valence electrons. The summed E-state index contributed by atoms with van der Waals surface area (Å²) in [6.07, 6.45) is 3.21. The van der Waals surface area contributed by atoms with Gasteiger partial charge in [-0.05, 0) is 37.6 Å². The topological polar surface area (TPSA) is 45.0 Å². The highest BCUT2D eigenvalue weighted by Gasteiger charge is 2.07. The zero-order chi connectivity index (χ0) is 13.0. The predicted octanol–water partition coefficient (Wildman–Crippen LogP) is 2.24. The van der Waals surface area contributed by atoms with Gasteiger partial charge in [-0.2, -0.15) is 0 Å². The summed E-state index contributed by atoms with van der Waals surface area (Å²) in [4.78, 5) is 5.69. The summed E-state index contributed by atoms with van der Waals surface area (Å²) in [7, 11) is 2.17. The Bertz CT molecular complexity index is 489. The van der Waals surface area contributed by atoms with Gasteiger partial charge in [-0.25, -0.2) is 0 Å². The Hall–Kier alpha value is -1.32. The van der Waals surface area contributed by atoms with Crippen LogP contribution in [0, 0.1) is 5.92 Å². The molecule has 0 aliphatic carbocycles. The normalized spacial score (nSPS) is 13.3. The van der Waals surface area contributed by atoms with Gasteiger partial charge in [0.1, 0.15) is 0 Å². The second-order valence-electron chi connectivity index (χ2n) is 5.21. The van der Waals surface area contributed by atoms with Crippen LogP contribution < -0.4 is 5.73 Å². The lowest BCUT2D eigenvalue weighted by atomic mass is 10.1. The molecule has 0 bridgehead atoms. The minimum absolute atomic E-state index is 0.568. The Labute approximate surface area is 109 Å². The van der Waals surface area contributed by atoms with Crippen LogP contribution in [0.4, 0.5) is 0 Å². The summed E-state index contributed by atoms with van der Waals surface area (Å²) in [6, 6.07) is 8.47. The molecular formula is C15H23N3. The van der Waals surface area contributed by atoms with Crippen LogP contribution in [0.1, 0.15) is 12.5 Å². The van der Waals surface area contributed by atoms with Gasteiger partial charge in [0.15, 0.2) is 0 Å². The van der Waals surface area contributed by atoms with Crippen LogP contribution in [0.25, 0.3) is 10.9 Å². The van der Waals surface area contributed by atoms with E-state index in [2.05, 4.69) is 54.3 Å². The largest absolute Gasteiger partial charge is 0.361 e. The molecule has 1 aromatic carbocycles. The van der Waals surface area contributed by atoms with Crippen molar-refractivity contribution in [2.75, 3.05) is 26.7 Å². The molecule has 1 heterocycles. The molecule has 0 amide bonds. The molecule has 1 atom stereocenters. The summed E-state index contributed by atoms with van der Waals surface area (Å²) >= 11 is 0. The highest BCUT2D eigenvalue weighted by molar-refractivity contribution is 5.83. The van der Waals surface area contributed by atoms with E-state index in [4.69, 9.17) is 5.73 Å². The first-order valence-corrected chi connectivity index (χ1v) is 6.64. The number of fused-ring (bicyclic) bond motifs is 1. The highest BCUT2D eigenvalue weighted by Crippen LogP contribution is 2.18. The lowest BCUT2D eigenvalue weighted by Gasteiger charge is -2.20. The molecule has 0 aliphatic heterocycles. The zero-order valence-corrected chi connectivity index (χ0v) is 11.3. The van der Waals surface area contributed by atoms with Gasteiger partial charge in [-0.15, -0.1) is 0 Å². The van der Waals surface area contributed by atoms with E-state index < -0.39 is 0 Å². The van der Waals surface area contributed by atoms with Gasteiger partial charge in [-0.3, -0.25) is 0 Å². The number of nitrogens with one attached hydrogen (secondary N) is 1. The van der Waals surface area contributed by atoms with Crippen LogP contribution in [0.3, 0.4) is 0 Å². The molecule has 2 rings (SSSR count). The number of H-pyrrole nitrogens is 1. The van der Waals surface area contributed by atoms with Crippen LogP contribution in [0.2, 0.25) is 0 Å². The van der Waals surface area contributed by atoms with E-state index in [1.165, 1.54) is 16.5 Å². The van der Waals surface area contributed by atoms with Crippen molar-refractivity contribution in [3.05, 3.63) is 36.0 Å². The summed E-state index contributed by atoms with van der Waals surface area (Å²) < 4.78 is 0. The number of rotatable bonds is 6. The molecule has 3 heteroatoms. The number of hydrogen-bond acceptors (Lipinski definition) is 2. The monoisotopic (exact) mass is 245 g/mol. The zero-order valence-electron chi connectivity index (χ0n) is 11.3. The lowest BCUT2D eigenvalue weighted by molar-refractivity contribution is 0.292. The maximum absolute atomic E-state index is 5.65. The van der Waals surface area contributed by atoms with Crippen LogP contribution in [0.5, 0.6) is 0 Å². The van der Waals surface area contributed by atoms with Crippen LogP contribution in [-0.4, -0.2) is 36.6 Å². The summed E-state index contributed by atoms with van der Waals surface area (Å²) in [5.41, 5.74) is 8.28. The van der Waals surface area contributed by atoms with Crippen molar-refractivity contribution in [1.29, 1.82) is 0 Å². The maximum Gasteiger partial charge on any atom is 0.0456 e. The second-order valence-corrected chi connectivity index (χ2v) is 5.21. The van der Waals surface area contributed by atoms with E-state index in [1.807, 2.05) is 0 Å². The third-order valence-corrected chi connectivity index (χ3v) is 3.46. The molecule has 3 nitrogen and oxygen atoms in total. The fourth-order valence-corrected chi connectivity index (χ4v) is 2.35. The fraction of sp³-hybridized carbons (Fsp3) is 0.467. The Morgan fingerprint density at radius 2 is 2.11 bits per heavy atom. The average molecular weight is 245 g/mol. The highest BCUT2D eigenvalue weighted by atomic mass is 15.1. The number of benzene rings is 1. The minimum Gasteiger partial charge on any atom is -0.361 e. The van der Waals surface area contributed by atoms with Crippen molar-refractivity contribution in [3.8, 4) is 0 Å². The maximum atomic E-state index is 5.65. The molecule has 2 aromatic rings. The first kappa shape index (κ1) is 13.1. The molecule has 1 unspecified atom stereocenters. The summed E-state index contributed by atoms with van der Waals surface area (Å²) in [5.74, 6) is 0.568. The van der Waals surface area contributed by atoms with E-state index >= 15 is 0 Å². The van der Waals surface area contributed by atoms with Gasteiger partial charge >= 0.3 is 0 Å². The molecule has 0 spiro atoms. The van der Waals surface area contributed by atoms with Gasteiger partial charge in [-0.1, -0.05) is 25.1 Å². The molecule has 0 aliphatic rings. The first-order chi connectivity index (χ1) is 8.70. The number of hydrogen-bond donors (Lipinski definition) is 2. The van der Waals surface area contributed by atoms with Gasteiger partial charge in [0.2, 0.25) is 0 Å². The van der Waals surface area contributed by atoms with Crippen molar-refractivity contribution >= 4 is 10.9 Å². The third-order valence-electron chi connectivity index (χ3n) is 3.46. The Morgan fingerprint density at radius 1 is 1.33 bits per heavy atom. The molecular weight excluding hydrogens is 222 g/mol. The van der Waals surface area contributed by atoms with Crippen LogP contribution >= 0.6 is 0 Å². The number of aromatic amines is 1. The van der Waals surface area contributed by atoms with E-state index in [0.717, 1.165) is 26.1 Å². The molecule has 3 N–H and O–H groups in total.